The molecule has 2 N–H and O–H groups in total. The Morgan fingerprint density at radius 3 is 2.25 bits per heavy atom. The Balaban J connectivity index is 2.79. The molecular weight excluding hydrogens is 268 g/mol. The molecule has 8 heteroatoms. The average Bonchev–Trinajstić information content (AvgIpc) is 2.39. The van der Waals surface area contributed by atoms with Crippen LogP contribution in [0.1, 0.15) is 12.0 Å². The summed E-state index contributed by atoms with van der Waals surface area (Å²) >= 11 is 0. The lowest BCUT2D eigenvalue weighted by atomic mass is 9.85. The molecule has 1 aliphatic carbocycles. The second-order valence-electron chi connectivity index (χ2n) is 4.21. The number of nitrogens with zero attached hydrogens (tertiary/aromatic N) is 2. The van der Waals surface area contributed by atoms with Crippen molar-refractivity contribution in [2.75, 3.05) is 0 Å². The molecule has 1 aliphatic rings. The van der Waals surface area contributed by atoms with Crippen LogP contribution >= 0.6 is 0 Å². The van der Waals surface area contributed by atoms with E-state index in [1.165, 1.54) is 24.3 Å². The Morgan fingerprint density at radius 1 is 1.10 bits per heavy atom. The summed E-state index contributed by atoms with van der Waals surface area (Å²) in [5.41, 5.74) is -3.37. The molecule has 0 spiro atoms. The Hall–Kier alpha value is -2.90. The number of phenolic OH excluding ortho intramolecular Hbond substituents is 1. The van der Waals surface area contributed by atoms with Gasteiger partial charge < -0.3 is 10.2 Å². The molecule has 0 aromatic heterocycles. The van der Waals surface area contributed by atoms with Gasteiger partial charge in [0, 0.05) is 5.56 Å². The minimum atomic E-state index is -2.71. The number of aliphatic hydroxyl groups excluding tert-OH is 1. The molecule has 2 rings (SSSR count). The molecule has 0 bridgehead atoms. The van der Waals surface area contributed by atoms with Crippen LogP contribution in [0.15, 0.2) is 42.2 Å². The van der Waals surface area contributed by atoms with Gasteiger partial charge in [-0.05, 0) is 12.1 Å². The molecule has 0 saturated carbocycles. The fraction of sp³-hybridized carbons (Fsp3) is 0.167. The summed E-state index contributed by atoms with van der Waals surface area (Å²) in [6, 6.07) is 5.44. The summed E-state index contributed by atoms with van der Waals surface area (Å²) in [5.74, 6) is -0.983. The lowest BCUT2D eigenvalue weighted by molar-refractivity contribution is -0.775. The first kappa shape index (κ1) is 13.5. The number of hydrogen-bond donors (Lipinski definition) is 2. The Labute approximate surface area is 112 Å². The average molecular weight is 278 g/mol. The van der Waals surface area contributed by atoms with Crippen molar-refractivity contribution < 1.29 is 20.1 Å². The third-order valence-corrected chi connectivity index (χ3v) is 3.11. The van der Waals surface area contributed by atoms with E-state index in [9.17, 15) is 30.4 Å². The van der Waals surface area contributed by atoms with Gasteiger partial charge in [-0.15, -0.1) is 0 Å². The zero-order chi connectivity index (χ0) is 14.9. The maximum absolute atomic E-state index is 11.3. The highest BCUT2D eigenvalue weighted by atomic mass is 16.7. The van der Waals surface area contributed by atoms with E-state index in [-0.39, 0.29) is 11.3 Å². The van der Waals surface area contributed by atoms with Crippen molar-refractivity contribution in [1.29, 1.82) is 0 Å². The van der Waals surface area contributed by atoms with Gasteiger partial charge in [-0.3, -0.25) is 20.2 Å². The maximum Gasteiger partial charge on any atom is 0.491 e. The summed E-state index contributed by atoms with van der Waals surface area (Å²) in [6.07, 6.45) is 1.79. The number of nitro groups is 2. The van der Waals surface area contributed by atoms with E-state index in [2.05, 4.69) is 0 Å². The second kappa shape index (κ2) is 4.65. The first-order valence-electron chi connectivity index (χ1n) is 5.59. The van der Waals surface area contributed by atoms with E-state index in [0.29, 0.717) is 0 Å². The van der Waals surface area contributed by atoms with Crippen molar-refractivity contribution >= 4 is 5.57 Å². The fourth-order valence-corrected chi connectivity index (χ4v) is 2.16. The van der Waals surface area contributed by atoms with Crippen LogP contribution in [0.3, 0.4) is 0 Å². The van der Waals surface area contributed by atoms with Crippen LogP contribution in [0.5, 0.6) is 5.75 Å². The van der Waals surface area contributed by atoms with Gasteiger partial charge in [0.2, 0.25) is 0 Å². The number of allylic oxidation sites excluding steroid dienone is 1. The van der Waals surface area contributed by atoms with Crippen LogP contribution in [0, 0.1) is 20.2 Å². The second-order valence-corrected chi connectivity index (χ2v) is 4.21. The maximum atomic E-state index is 11.3. The smallest absolute Gasteiger partial charge is 0.491 e. The number of rotatable bonds is 3. The van der Waals surface area contributed by atoms with E-state index < -0.39 is 33.3 Å². The topological polar surface area (TPSA) is 127 Å². The zero-order valence-electron chi connectivity index (χ0n) is 10.1. The summed E-state index contributed by atoms with van der Waals surface area (Å²) < 4.78 is 0. The highest BCUT2D eigenvalue weighted by molar-refractivity contribution is 5.78. The van der Waals surface area contributed by atoms with Crippen LogP contribution in [0.25, 0.3) is 5.57 Å². The number of aliphatic hydroxyl groups is 1. The van der Waals surface area contributed by atoms with Crippen molar-refractivity contribution in [3.63, 3.8) is 0 Å². The van der Waals surface area contributed by atoms with Gasteiger partial charge in [0.15, 0.2) is 5.57 Å². The normalized spacial score (nSPS) is 17.0. The molecule has 0 radical (unpaired) electrons. The molecule has 0 unspecified atom stereocenters. The molecule has 1 aromatic rings. The van der Waals surface area contributed by atoms with Crippen molar-refractivity contribution in [1.82, 2.24) is 0 Å². The quantitative estimate of drug-likeness (QED) is 0.493. The fourth-order valence-electron chi connectivity index (χ4n) is 2.16. The monoisotopic (exact) mass is 278 g/mol. The molecule has 0 atom stereocenters. The van der Waals surface area contributed by atoms with Gasteiger partial charge in [-0.1, -0.05) is 24.3 Å². The van der Waals surface area contributed by atoms with E-state index in [0.717, 1.165) is 12.2 Å². The standard InChI is InChI=1S/C12H10N2O6/c15-9-5-2-1-4-8(9)11-10(16)6-3-7-12(11,13(17)18)14(19)20/h1-6,15-16H,7H2. The van der Waals surface area contributed by atoms with Crippen molar-refractivity contribution in [2.45, 2.75) is 12.1 Å². The Kier molecular flexibility index (Phi) is 3.15. The van der Waals surface area contributed by atoms with Gasteiger partial charge in [-0.2, -0.15) is 0 Å². The van der Waals surface area contributed by atoms with Crippen LogP contribution in [-0.2, 0) is 0 Å². The lowest BCUT2D eigenvalue weighted by Gasteiger charge is -2.22. The lowest BCUT2D eigenvalue weighted by Crippen LogP contribution is -2.48. The summed E-state index contributed by atoms with van der Waals surface area (Å²) in [4.78, 5) is 20.4. The SMILES string of the molecule is O=[N+]([O-])C1([N+](=O)[O-])CC=CC(O)=C1c1ccccc1O. The number of para-hydroxylation sites is 1. The number of phenols is 1. The molecule has 0 saturated heterocycles. The van der Waals surface area contributed by atoms with E-state index >= 15 is 0 Å². The Morgan fingerprint density at radius 2 is 1.70 bits per heavy atom. The van der Waals surface area contributed by atoms with Gasteiger partial charge in [-0.25, -0.2) is 0 Å². The Bertz CT molecular complexity index is 635. The van der Waals surface area contributed by atoms with E-state index in [1.807, 2.05) is 0 Å². The largest absolute Gasteiger partial charge is 0.507 e. The molecular formula is C12H10N2O6. The summed E-state index contributed by atoms with van der Waals surface area (Å²) in [5, 5.41) is 42.1. The first-order valence-corrected chi connectivity index (χ1v) is 5.59. The van der Waals surface area contributed by atoms with Crippen LogP contribution in [0.2, 0.25) is 0 Å². The highest BCUT2D eigenvalue weighted by Crippen LogP contribution is 2.41. The van der Waals surface area contributed by atoms with Crippen LogP contribution in [-0.4, -0.2) is 25.7 Å². The number of hydrogen-bond acceptors (Lipinski definition) is 6. The zero-order valence-corrected chi connectivity index (χ0v) is 10.1. The van der Waals surface area contributed by atoms with Gasteiger partial charge >= 0.3 is 5.66 Å². The van der Waals surface area contributed by atoms with Crippen molar-refractivity contribution in [2.24, 2.45) is 0 Å². The van der Waals surface area contributed by atoms with Crippen molar-refractivity contribution in [3.05, 3.63) is 68.0 Å². The molecule has 104 valence electrons. The highest BCUT2D eigenvalue weighted by Gasteiger charge is 2.62. The minimum Gasteiger partial charge on any atom is -0.507 e. The number of aromatic hydroxyl groups is 1. The molecule has 20 heavy (non-hydrogen) atoms. The molecule has 1 aromatic carbocycles. The van der Waals surface area contributed by atoms with Crippen LogP contribution < -0.4 is 0 Å². The van der Waals surface area contributed by atoms with Gasteiger partial charge in [0.1, 0.15) is 27.8 Å². The molecule has 0 aliphatic heterocycles. The first-order chi connectivity index (χ1) is 9.41. The molecule has 0 amide bonds. The van der Waals surface area contributed by atoms with Crippen LogP contribution in [0.4, 0.5) is 0 Å². The molecule has 8 nitrogen and oxygen atoms in total. The third-order valence-electron chi connectivity index (χ3n) is 3.11. The van der Waals surface area contributed by atoms with Crippen molar-refractivity contribution in [3.8, 4) is 5.75 Å². The van der Waals surface area contributed by atoms with E-state index in [1.54, 1.807) is 0 Å². The van der Waals surface area contributed by atoms with Gasteiger partial charge in [0.05, 0.1) is 0 Å². The predicted octanol–water partition coefficient (Wildman–Crippen LogP) is 1.87. The predicted molar refractivity (Wildman–Crippen MR) is 68.1 cm³/mol. The summed E-state index contributed by atoms with van der Waals surface area (Å²) in [6.45, 7) is 0. The minimum absolute atomic E-state index is 0.136. The van der Waals surface area contributed by atoms with Gasteiger partial charge in [0.25, 0.3) is 0 Å². The summed E-state index contributed by atoms with van der Waals surface area (Å²) in [7, 11) is 0. The van der Waals surface area contributed by atoms with E-state index in [4.69, 9.17) is 0 Å². The third kappa shape index (κ3) is 1.78. The molecule has 0 heterocycles. The number of benzene rings is 1. The molecule has 0 fully saturated rings.